The molecule has 0 aliphatic rings. The highest BCUT2D eigenvalue weighted by Gasteiger charge is 2.07. The molecule has 0 bridgehead atoms. The van der Waals surface area contributed by atoms with Crippen LogP contribution in [-0.4, -0.2) is 27.1 Å². The molecule has 1 amide bonds. The summed E-state index contributed by atoms with van der Waals surface area (Å²) < 4.78 is 1.55. The lowest BCUT2D eigenvalue weighted by atomic mass is 10.1. The van der Waals surface area contributed by atoms with Crippen LogP contribution in [0.1, 0.15) is 18.1 Å². The molecule has 116 valence electrons. The van der Waals surface area contributed by atoms with Gasteiger partial charge in [-0.25, -0.2) is 10.1 Å². The standard InChI is InChI=1S/C17H17N5O/c1-2-13-7-9-14(10-8-13)11-18-20-17(23)12-22-16-6-4-3-5-15(16)19-21-22/h3-11H,2,12H2,1H3,(H,20,23)/b18-11-. The molecule has 0 aliphatic carbocycles. The smallest absolute Gasteiger partial charge is 0.261 e. The van der Waals surface area contributed by atoms with Gasteiger partial charge in [-0.05, 0) is 29.7 Å². The van der Waals surface area contributed by atoms with E-state index in [1.165, 1.54) is 5.56 Å². The lowest BCUT2D eigenvalue weighted by Gasteiger charge is -2.01. The van der Waals surface area contributed by atoms with Gasteiger partial charge in [0.2, 0.25) is 0 Å². The van der Waals surface area contributed by atoms with Gasteiger partial charge in [0.1, 0.15) is 12.1 Å². The Labute approximate surface area is 133 Å². The van der Waals surface area contributed by atoms with E-state index in [1.807, 2.05) is 48.5 Å². The van der Waals surface area contributed by atoms with Gasteiger partial charge in [-0.3, -0.25) is 4.79 Å². The van der Waals surface area contributed by atoms with Crippen molar-refractivity contribution >= 4 is 23.2 Å². The Morgan fingerprint density at radius 2 is 2.00 bits per heavy atom. The second-order valence-electron chi connectivity index (χ2n) is 5.12. The largest absolute Gasteiger partial charge is 0.271 e. The van der Waals surface area contributed by atoms with Crippen molar-refractivity contribution in [2.45, 2.75) is 19.9 Å². The maximum atomic E-state index is 11.9. The van der Waals surface area contributed by atoms with Crippen LogP contribution in [0.3, 0.4) is 0 Å². The molecule has 2 aromatic carbocycles. The summed E-state index contributed by atoms with van der Waals surface area (Å²) in [6.07, 6.45) is 2.62. The molecule has 0 fully saturated rings. The number of carbonyl (C=O) groups excluding carboxylic acids is 1. The van der Waals surface area contributed by atoms with Gasteiger partial charge in [-0.15, -0.1) is 5.10 Å². The zero-order valence-electron chi connectivity index (χ0n) is 12.8. The summed E-state index contributed by atoms with van der Waals surface area (Å²) in [5.41, 5.74) is 6.30. The summed E-state index contributed by atoms with van der Waals surface area (Å²) in [5, 5.41) is 12.0. The molecule has 3 aromatic rings. The van der Waals surface area contributed by atoms with Crippen molar-refractivity contribution in [2.75, 3.05) is 0 Å². The van der Waals surface area contributed by atoms with Crippen molar-refractivity contribution in [3.05, 3.63) is 59.7 Å². The predicted octanol–water partition coefficient (Wildman–Crippen LogP) is 2.14. The molecule has 0 unspecified atom stereocenters. The number of benzene rings is 2. The first-order valence-corrected chi connectivity index (χ1v) is 7.45. The lowest BCUT2D eigenvalue weighted by Crippen LogP contribution is -2.23. The Hall–Kier alpha value is -3.02. The molecule has 0 radical (unpaired) electrons. The van der Waals surface area contributed by atoms with E-state index in [0.717, 1.165) is 23.0 Å². The SMILES string of the molecule is CCc1ccc(/C=N\NC(=O)Cn2nnc3ccccc32)cc1. The number of rotatable bonds is 5. The van der Waals surface area contributed by atoms with E-state index < -0.39 is 0 Å². The average molecular weight is 307 g/mol. The minimum Gasteiger partial charge on any atom is -0.271 e. The average Bonchev–Trinajstić information content (AvgIpc) is 2.99. The maximum absolute atomic E-state index is 11.9. The van der Waals surface area contributed by atoms with Crippen LogP contribution in [0.25, 0.3) is 11.0 Å². The molecule has 1 heterocycles. The summed E-state index contributed by atoms with van der Waals surface area (Å²) in [6, 6.07) is 15.5. The molecule has 1 aromatic heterocycles. The summed E-state index contributed by atoms with van der Waals surface area (Å²) in [7, 11) is 0. The van der Waals surface area contributed by atoms with Crippen LogP contribution in [0.4, 0.5) is 0 Å². The van der Waals surface area contributed by atoms with Gasteiger partial charge in [0.05, 0.1) is 11.7 Å². The van der Waals surface area contributed by atoms with E-state index in [4.69, 9.17) is 0 Å². The minimum atomic E-state index is -0.248. The van der Waals surface area contributed by atoms with Crippen LogP contribution in [0.2, 0.25) is 0 Å². The zero-order chi connectivity index (χ0) is 16.1. The van der Waals surface area contributed by atoms with Crippen molar-refractivity contribution < 1.29 is 4.79 Å². The molecular weight excluding hydrogens is 290 g/mol. The van der Waals surface area contributed by atoms with Crippen molar-refractivity contribution in [2.24, 2.45) is 5.10 Å². The van der Waals surface area contributed by atoms with Crippen LogP contribution in [-0.2, 0) is 17.8 Å². The molecule has 0 saturated heterocycles. The number of hydrogen-bond acceptors (Lipinski definition) is 4. The molecule has 6 nitrogen and oxygen atoms in total. The van der Waals surface area contributed by atoms with Gasteiger partial charge in [-0.1, -0.05) is 48.5 Å². The van der Waals surface area contributed by atoms with Gasteiger partial charge in [0.15, 0.2) is 0 Å². The summed E-state index contributed by atoms with van der Waals surface area (Å²) in [5.74, 6) is -0.248. The van der Waals surface area contributed by atoms with Gasteiger partial charge >= 0.3 is 0 Å². The highest BCUT2D eigenvalue weighted by atomic mass is 16.2. The molecule has 1 N–H and O–H groups in total. The number of para-hydroxylation sites is 1. The van der Waals surface area contributed by atoms with Gasteiger partial charge in [0, 0.05) is 0 Å². The third kappa shape index (κ3) is 3.60. The third-order valence-electron chi connectivity index (χ3n) is 3.50. The number of aromatic nitrogens is 3. The van der Waals surface area contributed by atoms with Crippen molar-refractivity contribution in [3.8, 4) is 0 Å². The quantitative estimate of drug-likeness (QED) is 0.580. The van der Waals surface area contributed by atoms with E-state index >= 15 is 0 Å². The summed E-state index contributed by atoms with van der Waals surface area (Å²) >= 11 is 0. The minimum absolute atomic E-state index is 0.0760. The number of nitrogens with one attached hydrogen (secondary N) is 1. The number of amides is 1. The number of nitrogens with zero attached hydrogens (tertiary/aromatic N) is 4. The number of hydrogen-bond donors (Lipinski definition) is 1. The van der Waals surface area contributed by atoms with Crippen molar-refractivity contribution in [1.82, 2.24) is 20.4 Å². The fraction of sp³-hybridized carbons (Fsp3) is 0.176. The number of carbonyl (C=O) groups is 1. The summed E-state index contributed by atoms with van der Waals surface area (Å²) in [6.45, 7) is 2.18. The Kier molecular flexibility index (Phi) is 4.42. The Bertz CT molecular complexity index is 836. The second-order valence-corrected chi connectivity index (χ2v) is 5.12. The van der Waals surface area contributed by atoms with Gasteiger partial charge < -0.3 is 0 Å². The highest BCUT2D eigenvalue weighted by Crippen LogP contribution is 2.09. The molecule has 0 spiro atoms. The first-order valence-electron chi connectivity index (χ1n) is 7.45. The molecule has 23 heavy (non-hydrogen) atoms. The van der Waals surface area contributed by atoms with Crippen molar-refractivity contribution in [3.63, 3.8) is 0 Å². The van der Waals surface area contributed by atoms with E-state index in [9.17, 15) is 4.79 Å². The topological polar surface area (TPSA) is 72.2 Å². The molecule has 0 aliphatic heterocycles. The van der Waals surface area contributed by atoms with E-state index in [-0.39, 0.29) is 12.5 Å². The lowest BCUT2D eigenvalue weighted by molar-refractivity contribution is -0.121. The molecule has 3 rings (SSSR count). The Morgan fingerprint density at radius 3 is 2.78 bits per heavy atom. The Balaban J connectivity index is 1.59. The first-order chi connectivity index (χ1) is 11.3. The normalized spacial score (nSPS) is 11.2. The van der Waals surface area contributed by atoms with Crippen LogP contribution >= 0.6 is 0 Å². The van der Waals surface area contributed by atoms with Gasteiger partial charge in [0.25, 0.3) is 5.91 Å². The van der Waals surface area contributed by atoms with Crippen LogP contribution in [0.15, 0.2) is 53.6 Å². The molecular formula is C17H17N5O. The number of aryl methyl sites for hydroxylation is 1. The summed E-state index contributed by atoms with van der Waals surface area (Å²) in [4.78, 5) is 11.9. The van der Waals surface area contributed by atoms with Crippen LogP contribution < -0.4 is 5.43 Å². The van der Waals surface area contributed by atoms with Gasteiger partial charge in [-0.2, -0.15) is 5.10 Å². The molecule has 6 heteroatoms. The number of fused-ring (bicyclic) bond motifs is 1. The highest BCUT2D eigenvalue weighted by molar-refractivity contribution is 5.83. The first kappa shape index (κ1) is 14.9. The van der Waals surface area contributed by atoms with Crippen LogP contribution in [0, 0.1) is 0 Å². The Morgan fingerprint density at radius 1 is 1.22 bits per heavy atom. The van der Waals surface area contributed by atoms with E-state index in [0.29, 0.717) is 0 Å². The third-order valence-corrected chi connectivity index (χ3v) is 3.50. The van der Waals surface area contributed by atoms with E-state index in [2.05, 4.69) is 27.8 Å². The molecule has 0 saturated carbocycles. The molecule has 0 atom stereocenters. The van der Waals surface area contributed by atoms with Crippen LogP contribution in [0.5, 0.6) is 0 Å². The fourth-order valence-electron chi connectivity index (χ4n) is 2.22. The maximum Gasteiger partial charge on any atom is 0.261 e. The monoisotopic (exact) mass is 307 g/mol. The van der Waals surface area contributed by atoms with E-state index in [1.54, 1.807) is 10.9 Å². The second kappa shape index (κ2) is 6.83. The fourth-order valence-corrected chi connectivity index (χ4v) is 2.22. The predicted molar refractivity (Wildman–Crippen MR) is 89.1 cm³/mol. The number of hydrazone groups is 1. The van der Waals surface area contributed by atoms with Crippen molar-refractivity contribution in [1.29, 1.82) is 0 Å². The zero-order valence-corrected chi connectivity index (χ0v) is 12.8.